The van der Waals surface area contributed by atoms with Crippen molar-refractivity contribution >= 4 is 22.9 Å². The number of carbonyl (C=O) groups is 1. The predicted molar refractivity (Wildman–Crippen MR) is 107 cm³/mol. The second-order valence-electron chi connectivity index (χ2n) is 7.22. The second-order valence-corrected chi connectivity index (χ2v) is 8.20. The third-order valence-electron chi connectivity index (χ3n) is 5.25. The molecule has 1 saturated heterocycles. The molecule has 0 spiro atoms. The number of aryl methyl sites for hydroxylation is 1. The van der Waals surface area contributed by atoms with E-state index in [0.29, 0.717) is 17.7 Å². The van der Waals surface area contributed by atoms with E-state index < -0.39 is 4.92 Å². The highest BCUT2D eigenvalue weighted by Crippen LogP contribution is 2.29. The molecule has 1 aromatic carbocycles. The average molecular weight is 388 g/mol. The normalized spacial score (nSPS) is 16.8. The Morgan fingerprint density at radius 1 is 1.37 bits per heavy atom. The molecule has 6 nitrogen and oxygen atoms in total. The van der Waals surface area contributed by atoms with E-state index in [9.17, 15) is 14.9 Å². The molecule has 1 aliphatic heterocycles. The van der Waals surface area contributed by atoms with Gasteiger partial charge in [0, 0.05) is 28.6 Å². The highest BCUT2D eigenvalue weighted by Gasteiger charge is 2.26. The number of rotatable bonds is 6. The fraction of sp³-hybridized carbons (Fsp3) is 0.450. The zero-order chi connectivity index (χ0) is 19.4. The van der Waals surface area contributed by atoms with Crippen LogP contribution in [0.3, 0.4) is 0 Å². The second kappa shape index (κ2) is 8.63. The number of thiophene rings is 1. The molecule has 3 rings (SSSR count). The van der Waals surface area contributed by atoms with E-state index in [4.69, 9.17) is 0 Å². The van der Waals surface area contributed by atoms with E-state index in [1.165, 1.54) is 23.8 Å². The number of nitro groups is 1. The van der Waals surface area contributed by atoms with Gasteiger partial charge in [0.2, 0.25) is 0 Å². The highest BCUT2D eigenvalue weighted by atomic mass is 32.1. The van der Waals surface area contributed by atoms with Crippen LogP contribution in [0.25, 0.3) is 0 Å². The summed E-state index contributed by atoms with van der Waals surface area (Å²) < 4.78 is 0. The number of benzene rings is 1. The summed E-state index contributed by atoms with van der Waals surface area (Å²) in [5.41, 5.74) is 0.849. The monoisotopic (exact) mass is 387 g/mol. The van der Waals surface area contributed by atoms with Gasteiger partial charge in [-0.3, -0.25) is 19.8 Å². The van der Waals surface area contributed by atoms with Crippen LogP contribution >= 0.6 is 11.3 Å². The maximum absolute atomic E-state index is 12.6. The third kappa shape index (κ3) is 4.73. The van der Waals surface area contributed by atoms with Gasteiger partial charge in [-0.05, 0) is 56.3 Å². The molecule has 1 amide bonds. The highest BCUT2D eigenvalue weighted by molar-refractivity contribution is 7.10. The molecule has 1 fully saturated rings. The molecule has 1 unspecified atom stereocenters. The van der Waals surface area contributed by atoms with Crippen molar-refractivity contribution in [2.45, 2.75) is 32.7 Å². The van der Waals surface area contributed by atoms with Crippen LogP contribution in [-0.2, 0) is 0 Å². The molecule has 0 aliphatic carbocycles. The first-order valence-electron chi connectivity index (χ1n) is 9.26. The van der Waals surface area contributed by atoms with Gasteiger partial charge in [-0.15, -0.1) is 11.3 Å². The van der Waals surface area contributed by atoms with Gasteiger partial charge in [0.15, 0.2) is 0 Å². The zero-order valence-electron chi connectivity index (χ0n) is 15.7. The molecule has 2 heterocycles. The van der Waals surface area contributed by atoms with Gasteiger partial charge in [0.1, 0.15) is 0 Å². The molecular formula is C20H25N3O3S. The Balaban J connectivity index is 1.71. The van der Waals surface area contributed by atoms with Crippen LogP contribution in [0.15, 0.2) is 35.7 Å². The smallest absolute Gasteiger partial charge is 0.273 e. The van der Waals surface area contributed by atoms with E-state index in [0.717, 1.165) is 19.0 Å². The molecule has 2 aromatic rings. The van der Waals surface area contributed by atoms with Gasteiger partial charge < -0.3 is 5.32 Å². The molecule has 0 bridgehead atoms. The third-order valence-corrected chi connectivity index (χ3v) is 6.23. The number of amides is 1. The van der Waals surface area contributed by atoms with Gasteiger partial charge in [-0.1, -0.05) is 19.1 Å². The van der Waals surface area contributed by atoms with Crippen LogP contribution in [0.5, 0.6) is 0 Å². The molecule has 1 N–H and O–H groups in total. The first-order valence-corrected chi connectivity index (χ1v) is 10.1. The first kappa shape index (κ1) is 19.5. The van der Waals surface area contributed by atoms with Gasteiger partial charge in [0.25, 0.3) is 11.6 Å². The van der Waals surface area contributed by atoms with E-state index in [-0.39, 0.29) is 17.6 Å². The van der Waals surface area contributed by atoms with Crippen molar-refractivity contribution in [3.8, 4) is 0 Å². The predicted octanol–water partition coefficient (Wildman–Crippen LogP) is 4.17. The fourth-order valence-electron chi connectivity index (χ4n) is 3.47. The lowest BCUT2D eigenvalue weighted by atomic mass is 9.97. The van der Waals surface area contributed by atoms with Gasteiger partial charge >= 0.3 is 0 Å². The SMILES string of the molecule is Cc1ccc(C(=O)NCC(c2cccs2)N2CCC(C)CC2)cc1[N+](=O)[O-]. The van der Waals surface area contributed by atoms with Crippen molar-refractivity contribution in [2.75, 3.05) is 19.6 Å². The minimum absolute atomic E-state index is 0.0255. The van der Waals surface area contributed by atoms with Crippen LogP contribution in [-0.4, -0.2) is 35.4 Å². The van der Waals surface area contributed by atoms with Crippen molar-refractivity contribution in [2.24, 2.45) is 5.92 Å². The van der Waals surface area contributed by atoms with Crippen molar-refractivity contribution in [1.29, 1.82) is 0 Å². The number of nitro benzene ring substituents is 1. The van der Waals surface area contributed by atoms with Crippen LogP contribution in [0.4, 0.5) is 5.69 Å². The number of hydrogen-bond donors (Lipinski definition) is 1. The lowest BCUT2D eigenvalue weighted by Gasteiger charge is -2.36. The number of hydrogen-bond acceptors (Lipinski definition) is 5. The van der Waals surface area contributed by atoms with Crippen molar-refractivity contribution in [1.82, 2.24) is 10.2 Å². The minimum Gasteiger partial charge on any atom is -0.350 e. The summed E-state index contributed by atoms with van der Waals surface area (Å²) in [5.74, 6) is 0.470. The molecule has 27 heavy (non-hydrogen) atoms. The van der Waals surface area contributed by atoms with E-state index in [2.05, 4.69) is 28.6 Å². The Labute approximate surface area is 163 Å². The van der Waals surface area contributed by atoms with Gasteiger partial charge in [-0.2, -0.15) is 0 Å². The van der Waals surface area contributed by atoms with Gasteiger partial charge in [-0.25, -0.2) is 0 Å². The summed E-state index contributed by atoms with van der Waals surface area (Å²) >= 11 is 1.70. The molecule has 7 heteroatoms. The molecule has 144 valence electrons. The molecular weight excluding hydrogens is 362 g/mol. The topological polar surface area (TPSA) is 75.5 Å². The average Bonchev–Trinajstić information content (AvgIpc) is 3.17. The summed E-state index contributed by atoms with van der Waals surface area (Å²) in [6.07, 6.45) is 2.33. The summed E-state index contributed by atoms with van der Waals surface area (Å²) in [4.78, 5) is 26.9. The van der Waals surface area contributed by atoms with Crippen LogP contribution in [0, 0.1) is 23.0 Å². The fourth-order valence-corrected chi connectivity index (χ4v) is 4.33. The summed E-state index contributed by atoms with van der Waals surface area (Å²) in [6, 6.07) is 8.90. The molecule has 1 aromatic heterocycles. The van der Waals surface area contributed by atoms with E-state index in [1.807, 2.05) is 6.07 Å². The van der Waals surface area contributed by atoms with E-state index >= 15 is 0 Å². The standard InChI is InChI=1S/C20H25N3O3S/c1-14-7-9-22(10-8-14)18(19-4-3-11-27-19)13-21-20(24)16-6-5-15(2)17(12-16)23(25)26/h3-6,11-12,14,18H,7-10,13H2,1-2H3,(H,21,24). The number of carbonyl (C=O) groups excluding carboxylic acids is 1. The largest absolute Gasteiger partial charge is 0.350 e. The minimum atomic E-state index is -0.449. The Kier molecular flexibility index (Phi) is 6.23. The van der Waals surface area contributed by atoms with Crippen LogP contribution < -0.4 is 5.32 Å². The summed E-state index contributed by atoms with van der Waals surface area (Å²) in [5, 5.41) is 16.2. The molecule has 1 aliphatic rings. The summed E-state index contributed by atoms with van der Waals surface area (Å²) in [7, 11) is 0. The van der Waals surface area contributed by atoms with Crippen LogP contribution in [0.2, 0.25) is 0 Å². The Hall–Kier alpha value is -2.25. The number of nitrogens with zero attached hydrogens (tertiary/aromatic N) is 2. The number of nitrogens with one attached hydrogen (secondary N) is 1. The quantitative estimate of drug-likeness (QED) is 0.596. The number of piperidine rings is 1. The van der Waals surface area contributed by atoms with Crippen molar-refractivity contribution in [3.63, 3.8) is 0 Å². The first-order chi connectivity index (χ1) is 13.0. The van der Waals surface area contributed by atoms with Crippen molar-refractivity contribution in [3.05, 3.63) is 61.8 Å². The molecule has 1 atom stereocenters. The Morgan fingerprint density at radius 3 is 2.74 bits per heavy atom. The Bertz CT molecular complexity index is 799. The lowest BCUT2D eigenvalue weighted by molar-refractivity contribution is -0.385. The summed E-state index contributed by atoms with van der Waals surface area (Å²) in [6.45, 7) is 6.49. The van der Waals surface area contributed by atoms with Crippen LogP contribution in [0.1, 0.15) is 46.6 Å². The zero-order valence-corrected chi connectivity index (χ0v) is 16.5. The Morgan fingerprint density at radius 2 is 2.11 bits per heavy atom. The van der Waals surface area contributed by atoms with Crippen molar-refractivity contribution < 1.29 is 9.72 Å². The van der Waals surface area contributed by atoms with E-state index in [1.54, 1.807) is 30.4 Å². The molecule has 0 radical (unpaired) electrons. The maximum atomic E-state index is 12.6. The number of likely N-dealkylation sites (tertiary alicyclic amines) is 1. The van der Waals surface area contributed by atoms with Gasteiger partial charge in [0.05, 0.1) is 11.0 Å². The lowest BCUT2D eigenvalue weighted by Crippen LogP contribution is -2.41. The maximum Gasteiger partial charge on any atom is 0.273 e. The molecule has 0 saturated carbocycles.